The molecular weight excluding hydrogens is 388 g/mol. The van der Waals surface area contributed by atoms with Crippen molar-refractivity contribution in [2.24, 2.45) is 0 Å². The zero-order valence-corrected chi connectivity index (χ0v) is 18.2. The smallest absolute Gasteiger partial charge is 0.304 e. The number of allylic oxidation sites excluding steroid dienone is 1. The summed E-state index contributed by atoms with van der Waals surface area (Å²) < 4.78 is 27.4. The van der Waals surface area contributed by atoms with Gasteiger partial charge in [0.25, 0.3) is 0 Å². The molecule has 1 N–H and O–H groups in total. The molecule has 1 aliphatic carbocycles. The largest absolute Gasteiger partial charge is 0.493 e. The molecule has 0 aliphatic heterocycles. The number of carboxylic acids is 1. The summed E-state index contributed by atoms with van der Waals surface area (Å²) in [7, 11) is 3.22. The molecule has 2 rings (SSSR count). The fourth-order valence-corrected chi connectivity index (χ4v) is 3.39. The number of hydrogen-bond donors (Lipinski definition) is 1. The van der Waals surface area contributed by atoms with Crippen molar-refractivity contribution in [3.63, 3.8) is 0 Å². The predicted molar refractivity (Wildman–Crippen MR) is 113 cm³/mol. The SMILES string of the molecule is COCCOCO[C@@H](C)/C=C/[C@H](CC(=O)O)c1ccc(OC)c(OC2CCCC2)c1. The third-order valence-electron chi connectivity index (χ3n) is 5.07. The molecule has 2 atom stereocenters. The lowest BCUT2D eigenvalue weighted by molar-refractivity contribution is -0.137. The lowest BCUT2D eigenvalue weighted by atomic mass is 9.94. The molecule has 0 aromatic heterocycles. The molecule has 0 unspecified atom stereocenters. The maximum Gasteiger partial charge on any atom is 0.304 e. The molecule has 0 spiro atoms. The van der Waals surface area contributed by atoms with E-state index in [-0.39, 0.29) is 31.3 Å². The molecule has 1 fully saturated rings. The summed E-state index contributed by atoms with van der Waals surface area (Å²) in [5, 5.41) is 9.38. The Balaban J connectivity index is 2.06. The van der Waals surface area contributed by atoms with E-state index < -0.39 is 5.97 Å². The van der Waals surface area contributed by atoms with E-state index in [2.05, 4.69) is 0 Å². The van der Waals surface area contributed by atoms with Gasteiger partial charge >= 0.3 is 5.97 Å². The second-order valence-electron chi connectivity index (χ2n) is 7.41. The number of hydrogen-bond acceptors (Lipinski definition) is 6. The summed E-state index contributed by atoms with van der Waals surface area (Å²) in [5.41, 5.74) is 0.867. The Kier molecular flexibility index (Phi) is 10.7. The molecule has 30 heavy (non-hydrogen) atoms. The average molecular weight is 423 g/mol. The first-order valence-corrected chi connectivity index (χ1v) is 10.5. The molecule has 1 aromatic carbocycles. The fourth-order valence-electron chi connectivity index (χ4n) is 3.39. The fraction of sp³-hybridized carbons (Fsp3) is 0.609. The van der Waals surface area contributed by atoms with Gasteiger partial charge in [0.05, 0.1) is 39.0 Å². The lowest BCUT2D eigenvalue weighted by Gasteiger charge is -2.19. The predicted octanol–water partition coefficient (Wildman–Crippen LogP) is 4.16. The molecule has 0 amide bonds. The number of ether oxygens (including phenoxy) is 5. The first-order chi connectivity index (χ1) is 14.5. The first kappa shape index (κ1) is 24.2. The molecule has 0 radical (unpaired) electrons. The quantitative estimate of drug-likeness (QED) is 0.274. The highest BCUT2D eigenvalue weighted by atomic mass is 16.7. The van der Waals surface area contributed by atoms with E-state index >= 15 is 0 Å². The lowest BCUT2D eigenvalue weighted by Crippen LogP contribution is -2.13. The number of methoxy groups -OCH3 is 2. The molecule has 1 aliphatic rings. The minimum Gasteiger partial charge on any atom is -0.493 e. The Morgan fingerprint density at radius 3 is 2.60 bits per heavy atom. The van der Waals surface area contributed by atoms with E-state index in [9.17, 15) is 9.90 Å². The van der Waals surface area contributed by atoms with Crippen LogP contribution in [0.3, 0.4) is 0 Å². The van der Waals surface area contributed by atoms with Crippen molar-refractivity contribution in [1.29, 1.82) is 0 Å². The van der Waals surface area contributed by atoms with Gasteiger partial charge in [0, 0.05) is 13.0 Å². The number of carboxylic acid groups (broad SMARTS) is 1. The van der Waals surface area contributed by atoms with Crippen molar-refractivity contribution < 1.29 is 33.6 Å². The van der Waals surface area contributed by atoms with Crippen LogP contribution in [-0.4, -0.2) is 57.5 Å². The molecule has 0 heterocycles. The molecule has 7 nitrogen and oxygen atoms in total. The van der Waals surface area contributed by atoms with Gasteiger partial charge in [-0.2, -0.15) is 0 Å². The van der Waals surface area contributed by atoms with E-state index in [1.165, 1.54) is 12.8 Å². The van der Waals surface area contributed by atoms with Gasteiger partial charge < -0.3 is 28.8 Å². The van der Waals surface area contributed by atoms with E-state index in [1.807, 2.05) is 37.3 Å². The highest BCUT2D eigenvalue weighted by Gasteiger charge is 2.20. The van der Waals surface area contributed by atoms with Gasteiger partial charge in [-0.05, 0) is 50.3 Å². The monoisotopic (exact) mass is 422 g/mol. The van der Waals surface area contributed by atoms with Crippen molar-refractivity contribution in [1.82, 2.24) is 0 Å². The third kappa shape index (κ3) is 8.34. The van der Waals surface area contributed by atoms with Crippen LogP contribution >= 0.6 is 0 Å². The van der Waals surface area contributed by atoms with Crippen molar-refractivity contribution in [3.05, 3.63) is 35.9 Å². The molecule has 168 valence electrons. The van der Waals surface area contributed by atoms with Crippen molar-refractivity contribution in [3.8, 4) is 11.5 Å². The second-order valence-corrected chi connectivity index (χ2v) is 7.41. The van der Waals surface area contributed by atoms with Crippen LogP contribution in [0.5, 0.6) is 11.5 Å². The van der Waals surface area contributed by atoms with Crippen molar-refractivity contribution in [2.75, 3.05) is 34.2 Å². The average Bonchev–Trinajstić information content (AvgIpc) is 3.23. The molecule has 7 heteroatoms. The van der Waals surface area contributed by atoms with Crippen molar-refractivity contribution >= 4 is 5.97 Å². The summed E-state index contributed by atoms with van der Waals surface area (Å²) in [5.74, 6) is 0.158. The Bertz CT molecular complexity index is 668. The summed E-state index contributed by atoms with van der Waals surface area (Å²) in [6.45, 7) is 3.01. The number of rotatable bonds is 14. The standard InChI is InChI=1S/C23H34O7/c1-17(29-16-28-13-12-26-2)8-9-19(15-23(24)25)18-10-11-21(27-3)22(14-18)30-20-6-4-5-7-20/h8-11,14,17,19-20H,4-7,12-13,15-16H2,1-3H3,(H,24,25)/b9-8+/t17-,19+/m0/s1. The van der Waals surface area contributed by atoms with E-state index in [0.29, 0.717) is 24.7 Å². The van der Waals surface area contributed by atoms with Gasteiger partial charge in [0.15, 0.2) is 11.5 Å². The van der Waals surface area contributed by atoms with Gasteiger partial charge in [0.2, 0.25) is 0 Å². The van der Waals surface area contributed by atoms with Gasteiger partial charge in [-0.1, -0.05) is 18.2 Å². The Morgan fingerprint density at radius 2 is 1.93 bits per heavy atom. The third-order valence-corrected chi connectivity index (χ3v) is 5.07. The van der Waals surface area contributed by atoms with Crippen LogP contribution in [0.1, 0.15) is 50.5 Å². The van der Waals surface area contributed by atoms with Crippen LogP contribution in [0.15, 0.2) is 30.4 Å². The minimum absolute atomic E-state index is 0.0250. The van der Waals surface area contributed by atoms with Crippen molar-refractivity contribution in [2.45, 2.75) is 57.2 Å². The van der Waals surface area contributed by atoms with E-state index in [0.717, 1.165) is 18.4 Å². The van der Waals surface area contributed by atoms with Crippen LogP contribution in [0.25, 0.3) is 0 Å². The van der Waals surface area contributed by atoms with Gasteiger partial charge in [0.1, 0.15) is 6.79 Å². The van der Waals surface area contributed by atoms with Crippen LogP contribution in [0, 0.1) is 0 Å². The van der Waals surface area contributed by atoms with E-state index in [4.69, 9.17) is 23.7 Å². The second kappa shape index (κ2) is 13.3. The molecule has 0 bridgehead atoms. The number of benzene rings is 1. The maximum atomic E-state index is 11.4. The van der Waals surface area contributed by atoms with Crippen LogP contribution in [0.4, 0.5) is 0 Å². The van der Waals surface area contributed by atoms with Gasteiger partial charge in [-0.3, -0.25) is 4.79 Å². The molecule has 0 saturated heterocycles. The topological polar surface area (TPSA) is 83.5 Å². The number of aliphatic carboxylic acids is 1. The Hall–Kier alpha value is -2.09. The highest BCUT2D eigenvalue weighted by molar-refractivity contribution is 5.68. The summed E-state index contributed by atoms with van der Waals surface area (Å²) in [4.78, 5) is 11.4. The summed E-state index contributed by atoms with van der Waals surface area (Å²) in [6.07, 6.45) is 8.09. The van der Waals surface area contributed by atoms with E-state index in [1.54, 1.807) is 14.2 Å². The number of carbonyl (C=O) groups is 1. The molecule has 1 aromatic rings. The van der Waals surface area contributed by atoms with Crippen LogP contribution < -0.4 is 9.47 Å². The van der Waals surface area contributed by atoms with Crippen LogP contribution in [0.2, 0.25) is 0 Å². The zero-order valence-electron chi connectivity index (χ0n) is 18.2. The minimum atomic E-state index is -0.866. The Morgan fingerprint density at radius 1 is 1.17 bits per heavy atom. The first-order valence-electron chi connectivity index (χ1n) is 10.5. The summed E-state index contributed by atoms with van der Waals surface area (Å²) in [6, 6.07) is 5.62. The summed E-state index contributed by atoms with van der Waals surface area (Å²) >= 11 is 0. The molecular formula is C23H34O7. The Labute approximate surface area is 178 Å². The van der Waals surface area contributed by atoms with Crippen LogP contribution in [-0.2, 0) is 19.0 Å². The molecule has 1 saturated carbocycles. The highest BCUT2D eigenvalue weighted by Crippen LogP contribution is 2.35. The normalized spacial score (nSPS) is 16.6. The zero-order chi connectivity index (χ0) is 21.8. The maximum absolute atomic E-state index is 11.4. The van der Waals surface area contributed by atoms with Gasteiger partial charge in [-0.15, -0.1) is 0 Å². The van der Waals surface area contributed by atoms with Gasteiger partial charge in [-0.25, -0.2) is 0 Å².